The van der Waals surface area contributed by atoms with Crippen LogP contribution in [-0.4, -0.2) is 6.04 Å². The maximum atomic E-state index is 5.39. The minimum Gasteiger partial charge on any atom is -0.468 e. The number of furan rings is 1. The molecule has 1 N–H and O–H groups in total. The van der Waals surface area contributed by atoms with Gasteiger partial charge in [-0.05, 0) is 31.9 Å². The van der Waals surface area contributed by atoms with Gasteiger partial charge >= 0.3 is 0 Å². The lowest BCUT2D eigenvalue weighted by Gasteiger charge is -2.21. The third kappa shape index (κ3) is 4.08. The summed E-state index contributed by atoms with van der Waals surface area (Å²) in [4.78, 5) is 0. The van der Waals surface area contributed by atoms with Gasteiger partial charge in [-0.1, -0.05) is 26.7 Å². The van der Waals surface area contributed by atoms with E-state index in [4.69, 9.17) is 4.42 Å². The first-order chi connectivity index (χ1) is 7.27. The van der Waals surface area contributed by atoms with Crippen LogP contribution in [0.15, 0.2) is 22.8 Å². The first kappa shape index (κ1) is 12.3. The van der Waals surface area contributed by atoms with Crippen molar-refractivity contribution < 1.29 is 4.42 Å². The summed E-state index contributed by atoms with van der Waals surface area (Å²) in [5.41, 5.74) is 0. The highest BCUT2D eigenvalue weighted by molar-refractivity contribution is 5.03. The Hall–Kier alpha value is -0.760. The topological polar surface area (TPSA) is 25.2 Å². The van der Waals surface area contributed by atoms with E-state index < -0.39 is 0 Å². The van der Waals surface area contributed by atoms with Crippen LogP contribution in [0.25, 0.3) is 0 Å². The van der Waals surface area contributed by atoms with E-state index >= 15 is 0 Å². The fourth-order valence-electron chi connectivity index (χ4n) is 1.98. The smallest absolute Gasteiger partial charge is 0.120 e. The van der Waals surface area contributed by atoms with Crippen LogP contribution in [0.5, 0.6) is 0 Å². The maximum Gasteiger partial charge on any atom is 0.120 e. The first-order valence-electron chi connectivity index (χ1n) is 6.07. The zero-order chi connectivity index (χ0) is 11.1. The minimum absolute atomic E-state index is 0.322. The second-order valence-corrected chi connectivity index (χ2v) is 4.18. The van der Waals surface area contributed by atoms with Gasteiger partial charge < -0.3 is 9.73 Å². The van der Waals surface area contributed by atoms with Crippen molar-refractivity contribution in [3.8, 4) is 0 Å². The van der Waals surface area contributed by atoms with Crippen LogP contribution in [0, 0.1) is 0 Å². The molecule has 0 amide bonds. The van der Waals surface area contributed by atoms with Gasteiger partial charge in [0, 0.05) is 6.04 Å². The van der Waals surface area contributed by atoms with E-state index in [1.54, 1.807) is 6.26 Å². The van der Waals surface area contributed by atoms with E-state index in [1.165, 1.54) is 25.7 Å². The molecule has 2 nitrogen and oxygen atoms in total. The molecule has 86 valence electrons. The molecular weight excluding hydrogens is 186 g/mol. The van der Waals surface area contributed by atoms with Crippen molar-refractivity contribution in [2.24, 2.45) is 0 Å². The molecule has 0 bridgehead atoms. The van der Waals surface area contributed by atoms with Crippen LogP contribution in [0.4, 0.5) is 0 Å². The SMILES string of the molecule is CCCC(CCC)N[C@H](C)c1ccco1. The van der Waals surface area contributed by atoms with Crippen LogP contribution in [0.1, 0.15) is 58.3 Å². The van der Waals surface area contributed by atoms with Gasteiger partial charge in [0.05, 0.1) is 12.3 Å². The summed E-state index contributed by atoms with van der Waals surface area (Å²) in [7, 11) is 0. The standard InChI is InChI=1S/C13H23NO/c1-4-7-12(8-5-2)14-11(3)13-9-6-10-15-13/h6,9-12,14H,4-5,7-8H2,1-3H3/t11-/m1/s1. The Morgan fingerprint density at radius 3 is 2.40 bits per heavy atom. The van der Waals surface area contributed by atoms with Gasteiger partial charge in [0.2, 0.25) is 0 Å². The van der Waals surface area contributed by atoms with E-state index in [0.717, 1.165) is 5.76 Å². The molecule has 0 aromatic carbocycles. The molecule has 0 fully saturated rings. The molecular formula is C13H23NO. The predicted molar refractivity (Wildman–Crippen MR) is 63.9 cm³/mol. The normalized spacial score (nSPS) is 13.3. The first-order valence-corrected chi connectivity index (χ1v) is 6.07. The van der Waals surface area contributed by atoms with E-state index in [-0.39, 0.29) is 0 Å². The van der Waals surface area contributed by atoms with Gasteiger partial charge in [0.1, 0.15) is 5.76 Å². The summed E-state index contributed by atoms with van der Waals surface area (Å²) in [5.74, 6) is 1.03. The van der Waals surface area contributed by atoms with Crippen LogP contribution < -0.4 is 5.32 Å². The van der Waals surface area contributed by atoms with Crippen LogP contribution in [0.3, 0.4) is 0 Å². The molecule has 1 heterocycles. The second kappa shape index (κ2) is 6.67. The Morgan fingerprint density at radius 1 is 1.27 bits per heavy atom. The molecule has 2 heteroatoms. The summed E-state index contributed by atoms with van der Waals surface area (Å²) >= 11 is 0. The van der Waals surface area contributed by atoms with Gasteiger partial charge in [-0.25, -0.2) is 0 Å². The molecule has 15 heavy (non-hydrogen) atoms. The Kier molecular flexibility index (Phi) is 5.48. The molecule has 0 saturated heterocycles. The number of hydrogen-bond donors (Lipinski definition) is 1. The molecule has 0 unspecified atom stereocenters. The Bertz CT molecular complexity index is 237. The number of nitrogens with one attached hydrogen (secondary N) is 1. The zero-order valence-electron chi connectivity index (χ0n) is 10.1. The highest BCUT2D eigenvalue weighted by atomic mass is 16.3. The van der Waals surface area contributed by atoms with Gasteiger partial charge in [-0.3, -0.25) is 0 Å². The van der Waals surface area contributed by atoms with E-state index in [1.807, 2.05) is 12.1 Å². The molecule has 0 aliphatic rings. The molecule has 0 radical (unpaired) electrons. The lowest BCUT2D eigenvalue weighted by Crippen LogP contribution is -2.31. The van der Waals surface area contributed by atoms with Crippen LogP contribution in [0.2, 0.25) is 0 Å². The van der Waals surface area contributed by atoms with Gasteiger partial charge in [-0.2, -0.15) is 0 Å². The second-order valence-electron chi connectivity index (χ2n) is 4.18. The zero-order valence-corrected chi connectivity index (χ0v) is 10.1. The monoisotopic (exact) mass is 209 g/mol. The summed E-state index contributed by atoms with van der Waals surface area (Å²) in [6.45, 7) is 6.64. The highest BCUT2D eigenvalue weighted by Crippen LogP contribution is 2.16. The van der Waals surface area contributed by atoms with Crippen molar-refractivity contribution in [3.63, 3.8) is 0 Å². The predicted octanol–water partition coefficient (Wildman–Crippen LogP) is 3.90. The Balaban J connectivity index is 2.43. The number of hydrogen-bond acceptors (Lipinski definition) is 2. The summed E-state index contributed by atoms with van der Waals surface area (Å²) in [6.07, 6.45) is 6.71. The molecule has 1 rings (SSSR count). The third-order valence-electron chi connectivity index (χ3n) is 2.73. The summed E-state index contributed by atoms with van der Waals surface area (Å²) in [6, 6.07) is 4.93. The lowest BCUT2D eigenvalue weighted by molar-refractivity contribution is 0.360. The minimum atomic E-state index is 0.322. The average molecular weight is 209 g/mol. The van der Waals surface area contributed by atoms with Crippen LogP contribution in [-0.2, 0) is 0 Å². The van der Waals surface area contributed by atoms with E-state index in [0.29, 0.717) is 12.1 Å². The van der Waals surface area contributed by atoms with Crippen molar-refractivity contribution in [2.45, 2.75) is 58.5 Å². The molecule has 1 aromatic heterocycles. The lowest BCUT2D eigenvalue weighted by atomic mass is 10.1. The molecule has 0 aliphatic carbocycles. The average Bonchev–Trinajstić information content (AvgIpc) is 2.71. The summed E-state index contributed by atoms with van der Waals surface area (Å²) in [5, 5.41) is 3.63. The highest BCUT2D eigenvalue weighted by Gasteiger charge is 2.13. The van der Waals surface area contributed by atoms with E-state index in [9.17, 15) is 0 Å². The van der Waals surface area contributed by atoms with Crippen molar-refractivity contribution in [3.05, 3.63) is 24.2 Å². The summed E-state index contributed by atoms with van der Waals surface area (Å²) < 4.78 is 5.39. The van der Waals surface area contributed by atoms with E-state index in [2.05, 4.69) is 26.1 Å². The fraction of sp³-hybridized carbons (Fsp3) is 0.692. The van der Waals surface area contributed by atoms with Crippen molar-refractivity contribution in [1.82, 2.24) is 5.32 Å². The molecule has 0 aliphatic heterocycles. The molecule has 0 spiro atoms. The van der Waals surface area contributed by atoms with Gasteiger partial charge in [0.15, 0.2) is 0 Å². The largest absolute Gasteiger partial charge is 0.468 e. The Morgan fingerprint density at radius 2 is 1.93 bits per heavy atom. The third-order valence-corrected chi connectivity index (χ3v) is 2.73. The number of rotatable bonds is 7. The van der Waals surface area contributed by atoms with Gasteiger partial charge in [-0.15, -0.1) is 0 Å². The van der Waals surface area contributed by atoms with Crippen LogP contribution >= 0.6 is 0 Å². The fourth-order valence-corrected chi connectivity index (χ4v) is 1.98. The molecule has 1 atom stereocenters. The van der Waals surface area contributed by atoms with Gasteiger partial charge in [0.25, 0.3) is 0 Å². The van der Waals surface area contributed by atoms with Crippen molar-refractivity contribution in [2.75, 3.05) is 0 Å². The van der Waals surface area contributed by atoms with Crippen molar-refractivity contribution >= 4 is 0 Å². The quantitative estimate of drug-likeness (QED) is 0.736. The Labute approximate surface area is 93.1 Å². The maximum absolute atomic E-state index is 5.39. The molecule has 1 aromatic rings. The van der Waals surface area contributed by atoms with Crippen molar-refractivity contribution in [1.29, 1.82) is 0 Å². The molecule has 0 saturated carbocycles.